The van der Waals surface area contributed by atoms with Gasteiger partial charge < -0.3 is 4.98 Å². The molecular weight excluding hydrogens is 158 g/mol. The quantitative estimate of drug-likeness (QED) is 0.677. The lowest BCUT2D eigenvalue weighted by molar-refractivity contribution is 1.32. The van der Waals surface area contributed by atoms with Gasteiger partial charge in [-0.2, -0.15) is 0 Å². The van der Waals surface area contributed by atoms with E-state index >= 15 is 0 Å². The molecule has 0 aromatic carbocycles. The predicted molar refractivity (Wildman–Crippen MR) is 48.8 cm³/mol. The molecule has 0 aliphatic carbocycles. The number of H-pyrrole nitrogens is 1. The molecule has 1 aromatic heterocycles. The maximum Gasteiger partial charge on any atom is 0.141 e. The van der Waals surface area contributed by atoms with Crippen LogP contribution in [0.3, 0.4) is 0 Å². The van der Waals surface area contributed by atoms with Gasteiger partial charge in [0, 0.05) is 6.20 Å². The van der Waals surface area contributed by atoms with Gasteiger partial charge in [0.1, 0.15) is 11.7 Å². The second kappa shape index (κ2) is 2.92. The second-order valence-electron chi connectivity index (χ2n) is 2.13. The van der Waals surface area contributed by atoms with Gasteiger partial charge in [-0.3, -0.25) is 0 Å². The number of rotatable bonds is 1. The van der Waals surface area contributed by atoms with E-state index in [9.17, 15) is 0 Å². The molecule has 3 nitrogen and oxygen atoms in total. The van der Waals surface area contributed by atoms with Gasteiger partial charge in [-0.05, 0) is 12.1 Å². The maximum absolute atomic E-state index is 4.26. The fourth-order valence-electron chi connectivity index (χ4n) is 0.838. The molecule has 0 spiro atoms. The van der Waals surface area contributed by atoms with Crippen molar-refractivity contribution in [2.24, 2.45) is 9.98 Å². The summed E-state index contributed by atoms with van der Waals surface area (Å²) < 4.78 is 0. The van der Waals surface area contributed by atoms with Gasteiger partial charge >= 0.3 is 0 Å². The van der Waals surface area contributed by atoms with Crippen molar-refractivity contribution in [2.75, 3.05) is 5.75 Å². The van der Waals surface area contributed by atoms with E-state index < -0.39 is 0 Å². The van der Waals surface area contributed by atoms with E-state index in [1.165, 1.54) is 0 Å². The number of amidine groups is 1. The van der Waals surface area contributed by atoms with Crippen molar-refractivity contribution in [1.29, 1.82) is 0 Å². The minimum Gasteiger partial charge on any atom is -0.347 e. The molecule has 2 rings (SSSR count). The van der Waals surface area contributed by atoms with E-state index in [2.05, 4.69) is 15.0 Å². The molecule has 1 aliphatic rings. The minimum atomic E-state index is 0.875. The average Bonchev–Trinajstić information content (AvgIpc) is 2.60. The van der Waals surface area contributed by atoms with Crippen LogP contribution in [0, 0.1) is 0 Å². The van der Waals surface area contributed by atoms with Crippen molar-refractivity contribution in [1.82, 2.24) is 4.98 Å². The van der Waals surface area contributed by atoms with Gasteiger partial charge in [0.15, 0.2) is 0 Å². The molecule has 0 amide bonds. The fraction of sp³-hybridized carbons (Fsp3) is 0.143. The summed E-state index contributed by atoms with van der Waals surface area (Å²) in [5.41, 5.74) is 1.82. The van der Waals surface area contributed by atoms with Crippen LogP contribution in [0.4, 0.5) is 5.82 Å². The number of aromatic amines is 1. The zero-order valence-corrected chi connectivity index (χ0v) is 6.64. The Morgan fingerprint density at radius 1 is 1.64 bits per heavy atom. The summed E-state index contributed by atoms with van der Waals surface area (Å²) in [5.74, 6) is 2.65. The fourth-order valence-corrected chi connectivity index (χ4v) is 1.40. The van der Waals surface area contributed by atoms with E-state index in [0.717, 1.165) is 17.4 Å². The highest BCUT2D eigenvalue weighted by molar-refractivity contribution is 8.13. The summed E-state index contributed by atoms with van der Waals surface area (Å²) in [6, 6.07) is 3.84. The van der Waals surface area contributed by atoms with Crippen LogP contribution in [-0.2, 0) is 0 Å². The van der Waals surface area contributed by atoms with Crippen LogP contribution in [0.25, 0.3) is 0 Å². The molecule has 11 heavy (non-hydrogen) atoms. The van der Waals surface area contributed by atoms with Gasteiger partial charge in [0.2, 0.25) is 0 Å². The Balaban J connectivity index is 2.20. The Morgan fingerprint density at radius 3 is 3.27 bits per heavy atom. The van der Waals surface area contributed by atoms with Crippen molar-refractivity contribution in [3.05, 3.63) is 18.3 Å². The summed E-state index contributed by atoms with van der Waals surface area (Å²) >= 11 is 1.67. The van der Waals surface area contributed by atoms with Crippen LogP contribution in [0.1, 0.15) is 0 Å². The lowest BCUT2D eigenvalue weighted by atomic mass is 10.6. The Morgan fingerprint density at radius 2 is 2.64 bits per heavy atom. The van der Waals surface area contributed by atoms with E-state index in [4.69, 9.17) is 0 Å². The Kier molecular flexibility index (Phi) is 1.77. The highest BCUT2D eigenvalue weighted by atomic mass is 32.2. The SMILES string of the molecule is C1=NC(=Nc2ccc[nH]2)CS1. The molecule has 2 heterocycles. The topological polar surface area (TPSA) is 40.5 Å². The van der Waals surface area contributed by atoms with Crippen LogP contribution in [-0.4, -0.2) is 22.1 Å². The first-order valence-electron chi connectivity index (χ1n) is 3.30. The molecule has 1 aliphatic heterocycles. The number of aliphatic imine (C=N–C) groups is 2. The summed E-state index contributed by atoms with van der Waals surface area (Å²) in [6.45, 7) is 0. The highest BCUT2D eigenvalue weighted by Gasteiger charge is 2.02. The molecule has 4 heteroatoms. The monoisotopic (exact) mass is 165 g/mol. The molecule has 56 valence electrons. The largest absolute Gasteiger partial charge is 0.347 e. The van der Waals surface area contributed by atoms with Crippen molar-refractivity contribution in [2.45, 2.75) is 0 Å². The molecule has 1 aromatic rings. The third kappa shape index (κ3) is 1.51. The molecule has 0 bridgehead atoms. The van der Waals surface area contributed by atoms with Crippen LogP contribution >= 0.6 is 11.8 Å². The van der Waals surface area contributed by atoms with Crippen LogP contribution in [0.2, 0.25) is 0 Å². The Labute approximate surface area is 68.6 Å². The van der Waals surface area contributed by atoms with E-state index in [-0.39, 0.29) is 0 Å². The molecule has 0 atom stereocenters. The van der Waals surface area contributed by atoms with Crippen LogP contribution in [0.5, 0.6) is 0 Å². The number of nitrogens with zero attached hydrogens (tertiary/aromatic N) is 2. The van der Waals surface area contributed by atoms with E-state index in [1.54, 1.807) is 11.8 Å². The first-order valence-corrected chi connectivity index (χ1v) is 4.35. The number of thioether (sulfide) groups is 1. The summed E-state index contributed by atoms with van der Waals surface area (Å²) in [7, 11) is 0. The third-order valence-corrected chi connectivity index (χ3v) is 2.00. The standard InChI is InChI=1S/C7H7N3S/c1-2-6(8-3-1)10-7-4-11-5-9-7/h1-3,5,8H,4H2. The van der Waals surface area contributed by atoms with Crippen molar-refractivity contribution < 1.29 is 0 Å². The van der Waals surface area contributed by atoms with Gasteiger partial charge in [-0.15, -0.1) is 11.8 Å². The molecular formula is C7H7N3S. The van der Waals surface area contributed by atoms with Crippen molar-refractivity contribution in [3.63, 3.8) is 0 Å². The number of nitrogens with one attached hydrogen (secondary N) is 1. The molecule has 0 radical (unpaired) electrons. The molecule has 0 fully saturated rings. The van der Waals surface area contributed by atoms with Crippen LogP contribution < -0.4 is 0 Å². The minimum absolute atomic E-state index is 0.875. The lowest BCUT2D eigenvalue weighted by Crippen LogP contribution is -1.89. The zero-order valence-electron chi connectivity index (χ0n) is 5.82. The number of hydrogen-bond donors (Lipinski definition) is 1. The molecule has 0 unspecified atom stereocenters. The summed E-state index contributed by atoms with van der Waals surface area (Å²) in [6.07, 6.45) is 1.85. The third-order valence-electron chi connectivity index (χ3n) is 1.32. The Bertz CT molecular complexity index is 287. The average molecular weight is 165 g/mol. The highest BCUT2D eigenvalue weighted by Crippen LogP contribution is 2.12. The smallest absolute Gasteiger partial charge is 0.141 e. The number of hydrogen-bond acceptors (Lipinski definition) is 2. The van der Waals surface area contributed by atoms with E-state index in [1.807, 2.05) is 23.9 Å². The van der Waals surface area contributed by atoms with Gasteiger partial charge in [0.05, 0.1) is 11.3 Å². The normalized spacial score (nSPS) is 19.8. The van der Waals surface area contributed by atoms with Crippen LogP contribution in [0.15, 0.2) is 28.3 Å². The molecule has 0 saturated carbocycles. The Hall–Kier alpha value is -1.03. The second-order valence-corrected chi connectivity index (χ2v) is 2.96. The molecule has 1 N–H and O–H groups in total. The van der Waals surface area contributed by atoms with E-state index in [0.29, 0.717) is 0 Å². The van der Waals surface area contributed by atoms with Gasteiger partial charge in [-0.25, -0.2) is 9.98 Å². The lowest BCUT2D eigenvalue weighted by Gasteiger charge is -1.88. The number of aromatic nitrogens is 1. The van der Waals surface area contributed by atoms with Gasteiger partial charge in [0.25, 0.3) is 0 Å². The summed E-state index contributed by atoms with van der Waals surface area (Å²) in [4.78, 5) is 11.3. The zero-order chi connectivity index (χ0) is 7.52. The first-order chi connectivity index (χ1) is 5.45. The van der Waals surface area contributed by atoms with Gasteiger partial charge in [-0.1, -0.05) is 0 Å². The predicted octanol–water partition coefficient (Wildman–Crippen LogP) is 1.82. The molecule has 0 saturated heterocycles. The van der Waals surface area contributed by atoms with Crippen molar-refractivity contribution in [3.8, 4) is 0 Å². The van der Waals surface area contributed by atoms with Crippen molar-refractivity contribution >= 4 is 29.0 Å². The summed E-state index contributed by atoms with van der Waals surface area (Å²) in [5, 5.41) is 0. The maximum atomic E-state index is 4.26. The first kappa shape index (κ1) is 6.67.